The molecule has 5 heteroatoms. The number of furan rings is 1. The molecule has 0 amide bonds. The summed E-state index contributed by atoms with van der Waals surface area (Å²) in [7, 11) is 0. The van der Waals surface area contributed by atoms with E-state index in [1.165, 1.54) is 0 Å². The standard InChI is InChI=1S/C14H14N4O/c1-8(2)12-16-13(18-14(15)17-12)10-7-19-11-6-4-3-5-9(10)11/h3-8H,1-2H3,(H2,15,16,17,18). The summed E-state index contributed by atoms with van der Waals surface area (Å²) in [5, 5.41) is 0.975. The van der Waals surface area contributed by atoms with Crippen molar-refractivity contribution in [3.8, 4) is 11.4 Å². The van der Waals surface area contributed by atoms with Gasteiger partial charge in [-0.15, -0.1) is 0 Å². The van der Waals surface area contributed by atoms with Crippen LogP contribution in [-0.4, -0.2) is 15.0 Å². The van der Waals surface area contributed by atoms with E-state index in [9.17, 15) is 0 Å². The number of aromatic nitrogens is 3. The third-order valence-corrected chi connectivity index (χ3v) is 2.91. The first-order valence-corrected chi connectivity index (χ1v) is 6.13. The van der Waals surface area contributed by atoms with Crippen molar-refractivity contribution >= 4 is 16.9 Å². The molecule has 3 aromatic rings. The average molecular weight is 254 g/mol. The number of hydrogen-bond donors (Lipinski definition) is 1. The van der Waals surface area contributed by atoms with Crippen molar-refractivity contribution in [3.63, 3.8) is 0 Å². The van der Waals surface area contributed by atoms with Gasteiger partial charge in [-0.3, -0.25) is 0 Å². The molecule has 2 N–H and O–H groups in total. The van der Waals surface area contributed by atoms with Gasteiger partial charge in [0.15, 0.2) is 5.82 Å². The molecule has 0 fully saturated rings. The Hall–Kier alpha value is -2.43. The lowest BCUT2D eigenvalue weighted by molar-refractivity contribution is 0.616. The fourth-order valence-corrected chi connectivity index (χ4v) is 1.94. The van der Waals surface area contributed by atoms with Crippen molar-refractivity contribution in [2.45, 2.75) is 19.8 Å². The highest BCUT2D eigenvalue weighted by Crippen LogP contribution is 2.28. The molecule has 19 heavy (non-hydrogen) atoms. The van der Waals surface area contributed by atoms with E-state index in [1.807, 2.05) is 38.1 Å². The lowest BCUT2D eigenvalue weighted by Gasteiger charge is -2.06. The number of para-hydroxylation sites is 1. The van der Waals surface area contributed by atoms with Crippen molar-refractivity contribution in [2.75, 3.05) is 5.73 Å². The van der Waals surface area contributed by atoms with Crippen molar-refractivity contribution < 1.29 is 4.42 Å². The molecule has 0 unspecified atom stereocenters. The van der Waals surface area contributed by atoms with Gasteiger partial charge in [0.05, 0.1) is 5.56 Å². The van der Waals surface area contributed by atoms with Gasteiger partial charge in [-0.25, -0.2) is 4.98 Å². The molecule has 0 spiro atoms. The second-order valence-corrected chi connectivity index (χ2v) is 4.68. The van der Waals surface area contributed by atoms with Crippen LogP contribution in [0, 0.1) is 0 Å². The fraction of sp³-hybridized carbons (Fsp3) is 0.214. The Bertz CT molecular complexity index is 733. The van der Waals surface area contributed by atoms with Crippen molar-refractivity contribution in [1.29, 1.82) is 0 Å². The van der Waals surface area contributed by atoms with Crippen LogP contribution in [0.2, 0.25) is 0 Å². The Morgan fingerprint density at radius 3 is 2.68 bits per heavy atom. The molecule has 3 rings (SSSR count). The highest BCUT2D eigenvalue weighted by molar-refractivity contribution is 5.91. The highest BCUT2D eigenvalue weighted by atomic mass is 16.3. The van der Waals surface area contributed by atoms with Gasteiger partial charge in [0.2, 0.25) is 5.95 Å². The van der Waals surface area contributed by atoms with Crippen LogP contribution in [0.25, 0.3) is 22.4 Å². The van der Waals surface area contributed by atoms with Gasteiger partial charge < -0.3 is 10.2 Å². The van der Waals surface area contributed by atoms with Crippen LogP contribution in [0.1, 0.15) is 25.6 Å². The number of nitrogens with zero attached hydrogens (tertiary/aromatic N) is 3. The van der Waals surface area contributed by atoms with Crippen LogP contribution in [0.5, 0.6) is 0 Å². The largest absolute Gasteiger partial charge is 0.464 e. The minimum Gasteiger partial charge on any atom is -0.464 e. The second kappa shape index (κ2) is 4.35. The summed E-state index contributed by atoms with van der Waals surface area (Å²) in [6, 6.07) is 7.77. The first-order chi connectivity index (χ1) is 9.15. The van der Waals surface area contributed by atoms with Crippen LogP contribution in [0.4, 0.5) is 5.95 Å². The minimum absolute atomic E-state index is 0.196. The molecule has 0 atom stereocenters. The maximum Gasteiger partial charge on any atom is 0.223 e. The van der Waals surface area contributed by atoms with E-state index in [4.69, 9.17) is 10.2 Å². The van der Waals surface area contributed by atoms with E-state index >= 15 is 0 Å². The van der Waals surface area contributed by atoms with Crippen molar-refractivity contribution in [2.24, 2.45) is 0 Å². The van der Waals surface area contributed by atoms with Gasteiger partial charge in [-0.05, 0) is 6.07 Å². The fourth-order valence-electron chi connectivity index (χ4n) is 1.94. The van der Waals surface area contributed by atoms with Crippen molar-refractivity contribution in [1.82, 2.24) is 15.0 Å². The van der Waals surface area contributed by atoms with Crippen LogP contribution < -0.4 is 5.73 Å². The minimum atomic E-state index is 0.196. The van der Waals surface area contributed by atoms with E-state index in [2.05, 4.69) is 15.0 Å². The lowest BCUT2D eigenvalue weighted by atomic mass is 10.1. The summed E-state index contributed by atoms with van der Waals surface area (Å²) < 4.78 is 5.50. The third kappa shape index (κ3) is 2.03. The summed E-state index contributed by atoms with van der Waals surface area (Å²) >= 11 is 0. The quantitative estimate of drug-likeness (QED) is 0.760. The molecule has 2 heterocycles. The van der Waals surface area contributed by atoms with Gasteiger partial charge >= 0.3 is 0 Å². The smallest absolute Gasteiger partial charge is 0.223 e. The van der Waals surface area contributed by atoms with Gasteiger partial charge in [0, 0.05) is 11.3 Å². The Balaban J connectivity index is 2.21. The highest BCUT2D eigenvalue weighted by Gasteiger charge is 2.14. The Labute approximate surface area is 110 Å². The topological polar surface area (TPSA) is 77.8 Å². The maximum absolute atomic E-state index is 5.75. The van der Waals surface area contributed by atoms with Gasteiger partial charge in [0.25, 0.3) is 0 Å². The lowest BCUT2D eigenvalue weighted by Crippen LogP contribution is -2.06. The van der Waals surface area contributed by atoms with Crippen molar-refractivity contribution in [3.05, 3.63) is 36.4 Å². The predicted octanol–water partition coefficient (Wildman–Crippen LogP) is 2.99. The van der Waals surface area contributed by atoms with E-state index in [0.717, 1.165) is 16.5 Å². The molecule has 0 aliphatic rings. The Morgan fingerprint density at radius 2 is 1.89 bits per heavy atom. The molecule has 0 bridgehead atoms. The zero-order chi connectivity index (χ0) is 13.4. The van der Waals surface area contributed by atoms with Gasteiger partial charge in [-0.1, -0.05) is 32.0 Å². The first kappa shape index (κ1) is 11.6. The van der Waals surface area contributed by atoms with E-state index < -0.39 is 0 Å². The summed E-state index contributed by atoms with van der Waals surface area (Å²) in [5.74, 6) is 1.68. The molecule has 96 valence electrons. The number of anilines is 1. The van der Waals surface area contributed by atoms with Gasteiger partial charge in [-0.2, -0.15) is 9.97 Å². The first-order valence-electron chi connectivity index (χ1n) is 6.13. The number of fused-ring (bicyclic) bond motifs is 1. The summed E-state index contributed by atoms with van der Waals surface area (Å²) in [6.07, 6.45) is 1.66. The molecule has 1 aromatic carbocycles. The van der Waals surface area contributed by atoms with Crippen LogP contribution in [0.3, 0.4) is 0 Å². The number of nitrogen functional groups attached to an aromatic ring is 1. The zero-order valence-electron chi connectivity index (χ0n) is 10.8. The van der Waals surface area contributed by atoms with Crippen LogP contribution >= 0.6 is 0 Å². The summed E-state index contributed by atoms with van der Waals surface area (Å²) in [6.45, 7) is 4.04. The molecule has 0 aliphatic carbocycles. The predicted molar refractivity (Wildman–Crippen MR) is 73.5 cm³/mol. The molecule has 0 saturated heterocycles. The average Bonchev–Trinajstić information content (AvgIpc) is 2.81. The van der Waals surface area contributed by atoms with Gasteiger partial charge in [0.1, 0.15) is 17.7 Å². The number of nitrogens with two attached hydrogens (primary N) is 1. The molecule has 0 aliphatic heterocycles. The SMILES string of the molecule is CC(C)c1nc(N)nc(-c2coc3ccccc23)n1. The Morgan fingerprint density at radius 1 is 1.11 bits per heavy atom. The molecule has 5 nitrogen and oxygen atoms in total. The normalized spacial score (nSPS) is 11.3. The zero-order valence-corrected chi connectivity index (χ0v) is 10.8. The molecule has 0 saturated carbocycles. The van der Waals surface area contributed by atoms with Crippen LogP contribution in [0.15, 0.2) is 34.9 Å². The monoisotopic (exact) mass is 254 g/mol. The van der Waals surface area contributed by atoms with E-state index in [-0.39, 0.29) is 11.9 Å². The molecule has 0 radical (unpaired) electrons. The molecular formula is C14H14N4O. The summed E-state index contributed by atoms with van der Waals surface area (Å²) in [5.41, 5.74) is 7.40. The Kier molecular flexibility index (Phi) is 2.67. The van der Waals surface area contributed by atoms with E-state index in [0.29, 0.717) is 11.6 Å². The summed E-state index contributed by atoms with van der Waals surface area (Å²) in [4.78, 5) is 12.8. The van der Waals surface area contributed by atoms with E-state index in [1.54, 1.807) is 6.26 Å². The third-order valence-electron chi connectivity index (χ3n) is 2.91. The second-order valence-electron chi connectivity index (χ2n) is 4.68. The number of rotatable bonds is 2. The molecular weight excluding hydrogens is 240 g/mol. The number of hydrogen-bond acceptors (Lipinski definition) is 5. The number of benzene rings is 1. The molecule has 2 aromatic heterocycles. The van der Waals surface area contributed by atoms with Crippen LogP contribution in [-0.2, 0) is 0 Å². The maximum atomic E-state index is 5.75.